The first-order chi connectivity index (χ1) is 10.2. The Balaban J connectivity index is 1.61. The molecule has 0 saturated heterocycles. The monoisotopic (exact) mass is 286 g/mol. The van der Waals surface area contributed by atoms with Gasteiger partial charge in [0.05, 0.1) is 11.9 Å². The molecule has 2 heterocycles. The van der Waals surface area contributed by atoms with Crippen LogP contribution in [0.4, 0.5) is 5.69 Å². The van der Waals surface area contributed by atoms with E-state index in [0.717, 1.165) is 36.3 Å². The first-order valence-electron chi connectivity index (χ1n) is 7.10. The standard InChI is InChI=1S/C15H18N4O2/c1-19-9-11(8-17-19)18-15(20)10-21-14-6-7-16-13-5-3-2-4-12(13)14/h6-9H,2-5,10H2,1H3,(H,18,20). The van der Waals surface area contributed by atoms with Gasteiger partial charge in [0, 0.05) is 30.7 Å². The molecule has 0 fully saturated rings. The van der Waals surface area contributed by atoms with E-state index < -0.39 is 0 Å². The fourth-order valence-electron chi connectivity index (χ4n) is 2.55. The molecule has 1 N–H and O–H groups in total. The van der Waals surface area contributed by atoms with Crippen LogP contribution < -0.4 is 10.1 Å². The molecule has 2 aromatic heterocycles. The van der Waals surface area contributed by atoms with Crippen molar-refractivity contribution in [1.82, 2.24) is 14.8 Å². The predicted octanol–water partition coefficient (Wildman–Crippen LogP) is 1.71. The molecule has 1 aliphatic carbocycles. The number of aromatic nitrogens is 3. The number of hydrogen-bond donors (Lipinski definition) is 1. The highest BCUT2D eigenvalue weighted by molar-refractivity contribution is 5.91. The van der Waals surface area contributed by atoms with Gasteiger partial charge in [-0.25, -0.2) is 0 Å². The van der Waals surface area contributed by atoms with Crippen molar-refractivity contribution in [1.29, 1.82) is 0 Å². The third-order valence-corrected chi connectivity index (χ3v) is 3.54. The zero-order valence-electron chi connectivity index (χ0n) is 12.0. The number of carbonyl (C=O) groups is 1. The van der Waals surface area contributed by atoms with Crippen molar-refractivity contribution >= 4 is 11.6 Å². The van der Waals surface area contributed by atoms with Gasteiger partial charge in [-0.15, -0.1) is 0 Å². The van der Waals surface area contributed by atoms with E-state index in [1.165, 1.54) is 6.42 Å². The number of rotatable bonds is 4. The van der Waals surface area contributed by atoms with Crippen LogP contribution in [0.3, 0.4) is 0 Å². The summed E-state index contributed by atoms with van der Waals surface area (Å²) in [6.45, 7) is -0.00858. The second-order valence-corrected chi connectivity index (χ2v) is 5.18. The van der Waals surface area contributed by atoms with E-state index in [9.17, 15) is 4.79 Å². The Labute approximate surface area is 123 Å². The van der Waals surface area contributed by atoms with E-state index in [2.05, 4.69) is 15.4 Å². The lowest BCUT2D eigenvalue weighted by molar-refractivity contribution is -0.118. The van der Waals surface area contributed by atoms with Gasteiger partial charge in [0.15, 0.2) is 6.61 Å². The van der Waals surface area contributed by atoms with E-state index in [1.54, 1.807) is 30.3 Å². The summed E-state index contributed by atoms with van der Waals surface area (Å²) in [5.74, 6) is 0.588. The maximum absolute atomic E-state index is 11.9. The molecule has 0 atom stereocenters. The molecule has 6 heteroatoms. The lowest BCUT2D eigenvalue weighted by Crippen LogP contribution is -2.21. The molecule has 6 nitrogen and oxygen atoms in total. The van der Waals surface area contributed by atoms with E-state index in [0.29, 0.717) is 5.69 Å². The smallest absolute Gasteiger partial charge is 0.262 e. The minimum Gasteiger partial charge on any atom is -0.483 e. The van der Waals surface area contributed by atoms with E-state index >= 15 is 0 Å². The minimum atomic E-state index is -0.190. The second kappa shape index (κ2) is 5.95. The number of fused-ring (bicyclic) bond motifs is 1. The van der Waals surface area contributed by atoms with Crippen molar-refractivity contribution in [2.75, 3.05) is 11.9 Å². The number of amides is 1. The van der Waals surface area contributed by atoms with Crippen molar-refractivity contribution in [3.8, 4) is 5.75 Å². The molecular weight excluding hydrogens is 268 g/mol. The largest absolute Gasteiger partial charge is 0.483 e. The summed E-state index contributed by atoms with van der Waals surface area (Å²) < 4.78 is 7.30. The fourth-order valence-corrected chi connectivity index (χ4v) is 2.55. The Hall–Kier alpha value is -2.37. The number of carbonyl (C=O) groups excluding carboxylic acids is 1. The molecule has 0 spiro atoms. The summed E-state index contributed by atoms with van der Waals surface area (Å²) in [6.07, 6.45) is 9.38. The van der Waals surface area contributed by atoms with Gasteiger partial charge in [-0.1, -0.05) is 0 Å². The maximum Gasteiger partial charge on any atom is 0.262 e. The van der Waals surface area contributed by atoms with Crippen molar-refractivity contribution in [3.63, 3.8) is 0 Å². The van der Waals surface area contributed by atoms with E-state index in [1.807, 2.05) is 6.07 Å². The Kier molecular flexibility index (Phi) is 3.85. The van der Waals surface area contributed by atoms with Crippen LogP contribution >= 0.6 is 0 Å². The molecule has 2 aromatic rings. The lowest BCUT2D eigenvalue weighted by atomic mass is 9.95. The highest BCUT2D eigenvalue weighted by Gasteiger charge is 2.16. The summed E-state index contributed by atoms with van der Waals surface area (Å²) in [7, 11) is 1.80. The molecule has 0 unspecified atom stereocenters. The number of aryl methyl sites for hydroxylation is 2. The molecule has 0 aliphatic heterocycles. The average molecular weight is 286 g/mol. The second-order valence-electron chi connectivity index (χ2n) is 5.18. The Morgan fingerprint density at radius 2 is 2.29 bits per heavy atom. The first kappa shape index (κ1) is 13.6. The van der Waals surface area contributed by atoms with Crippen molar-refractivity contribution in [3.05, 3.63) is 35.9 Å². The van der Waals surface area contributed by atoms with E-state index in [-0.39, 0.29) is 12.5 Å². The first-order valence-corrected chi connectivity index (χ1v) is 7.10. The SMILES string of the molecule is Cn1cc(NC(=O)COc2ccnc3c2CCCC3)cn1. The predicted molar refractivity (Wildman–Crippen MR) is 78.2 cm³/mol. The average Bonchev–Trinajstić information content (AvgIpc) is 2.90. The molecule has 3 rings (SSSR count). The van der Waals surface area contributed by atoms with Gasteiger partial charge in [-0.2, -0.15) is 5.10 Å². The van der Waals surface area contributed by atoms with E-state index in [4.69, 9.17) is 4.74 Å². The maximum atomic E-state index is 11.9. The summed E-state index contributed by atoms with van der Waals surface area (Å²) in [5.41, 5.74) is 2.92. The zero-order chi connectivity index (χ0) is 14.7. The molecule has 21 heavy (non-hydrogen) atoms. The number of hydrogen-bond acceptors (Lipinski definition) is 4. The van der Waals surface area contributed by atoms with Gasteiger partial charge >= 0.3 is 0 Å². The van der Waals surface area contributed by atoms with Crippen molar-refractivity contribution in [2.45, 2.75) is 25.7 Å². The molecule has 1 aliphatic rings. The molecule has 110 valence electrons. The Bertz CT molecular complexity index is 651. The van der Waals surface area contributed by atoms with Gasteiger partial charge < -0.3 is 10.1 Å². The van der Waals surface area contributed by atoms with Gasteiger partial charge in [-0.3, -0.25) is 14.5 Å². The Morgan fingerprint density at radius 1 is 1.43 bits per heavy atom. The van der Waals surface area contributed by atoms with Crippen LogP contribution in [0, 0.1) is 0 Å². The number of nitrogens with one attached hydrogen (secondary N) is 1. The highest BCUT2D eigenvalue weighted by Crippen LogP contribution is 2.27. The quantitative estimate of drug-likeness (QED) is 0.929. The molecular formula is C15H18N4O2. The highest BCUT2D eigenvalue weighted by atomic mass is 16.5. The van der Waals surface area contributed by atoms with Crippen LogP contribution in [0.25, 0.3) is 0 Å². The third kappa shape index (κ3) is 3.21. The summed E-state index contributed by atoms with van der Waals surface area (Å²) >= 11 is 0. The van der Waals surface area contributed by atoms with Gasteiger partial charge in [0.2, 0.25) is 0 Å². The topological polar surface area (TPSA) is 69.0 Å². The molecule has 0 saturated carbocycles. The summed E-state index contributed by atoms with van der Waals surface area (Å²) in [4.78, 5) is 16.3. The van der Waals surface area contributed by atoms with Crippen LogP contribution in [0.1, 0.15) is 24.1 Å². The number of nitrogens with zero attached hydrogens (tertiary/aromatic N) is 3. The number of anilines is 1. The van der Waals surface area contributed by atoms with Crippen LogP contribution in [-0.4, -0.2) is 27.3 Å². The zero-order valence-corrected chi connectivity index (χ0v) is 12.0. The van der Waals surface area contributed by atoms with Gasteiger partial charge in [0.25, 0.3) is 5.91 Å². The Morgan fingerprint density at radius 3 is 3.10 bits per heavy atom. The number of ether oxygens (including phenoxy) is 1. The van der Waals surface area contributed by atoms with Crippen LogP contribution in [0.2, 0.25) is 0 Å². The van der Waals surface area contributed by atoms with Gasteiger partial charge in [0.1, 0.15) is 5.75 Å². The molecule has 1 amide bonds. The van der Waals surface area contributed by atoms with Gasteiger partial charge in [-0.05, 0) is 31.7 Å². The molecule has 0 aromatic carbocycles. The third-order valence-electron chi connectivity index (χ3n) is 3.54. The lowest BCUT2D eigenvalue weighted by Gasteiger charge is -2.18. The minimum absolute atomic E-state index is 0.00858. The fraction of sp³-hybridized carbons (Fsp3) is 0.400. The normalized spacial score (nSPS) is 13.6. The van der Waals surface area contributed by atoms with Crippen LogP contribution in [-0.2, 0) is 24.7 Å². The van der Waals surface area contributed by atoms with Crippen LogP contribution in [0.5, 0.6) is 5.75 Å². The number of pyridine rings is 1. The summed E-state index contributed by atoms with van der Waals surface area (Å²) in [6, 6.07) is 1.83. The summed E-state index contributed by atoms with van der Waals surface area (Å²) in [5, 5.41) is 6.75. The van der Waals surface area contributed by atoms with Crippen molar-refractivity contribution < 1.29 is 9.53 Å². The van der Waals surface area contributed by atoms with Crippen molar-refractivity contribution in [2.24, 2.45) is 7.05 Å². The molecule has 0 bridgehead atoms. The molecule has 0 radical (unpaired) electrons. The van der Waals surface area contributed by atoms with Crippen LogP contribution in [0.15, 0.2) is 24.7 Å².